The van der Waals surface area contributed by atoms with Gasteiger partial charge in [0.1, 0.15) is 0 Å². The minimum Gasteiger partial charge on any atom is -0.478 e. The molecule has 0 saturated heterocycles. The maximum atomic E-state index is 13.5. The van der Waals surface area contributed by atoms with Crippen LogP contribution in [0.3, 0.4) is 0 Å². The van der Waals surface area contributed by atoms with Crippen molar-refractivity contribution in [3.8, 4) is 0 Å². The molecule has 6 rings (SSSR count). The number of urea groups is 1. The Morgan fingerprint density at radius 2 is 1.59 bits per heavy atom. The normalized spacial score (nSPS) is 41.1. The van der Waals surface area contributed by atoms with Crippen molar-refractivity contribution >= 4 is 17.6 Å². The minimum absolute atomic E-state index is 0.0366. The van der Waals surface area contributed by atoms with Gasteiger partial charge in [-0.25, -0.2) is 9.59 Å². The SMILES string of the molecule is CC1C(c2ccc(C(=O)O)cc2)=CCC2(C)C1CCC1(C)C2CCC2C3CCCC3(NC(=O)N(C)CCN(C)C)CC[C@]21C. The van der Waals surface area contributed by atoms with Crippen LogP contribution in [-0.4, -0.2) is 66.7 Å². The fourth-order valence-electron chi connectivity index (χ4n) is 12.0. The van der Waals surface area contributed by atoms with Crippen LogP contribution in [0.4, 0.5) is 4.79 Å². The topological polar surface area (TPSA) is 72.9 Å². The van der Waals surface area contributed by atoms with E-state index in [4.69, 9.17) is 0 Å². The first kappa shape index (κ1) is 31.6. The third-order valence-electron chi connectivity index (χ3n) is 14.6. The number of carboxylic acid groups (broad SMARTS) is 1. The Morgan fingerprint density at radius 1 is 0.864 bits per heavy atom. The second-order valence-electron chi connectivity index (χ2n) is 16.6. The molecule has 0 radical (unpaired) electrons. The highest BCUT2D eigenvalue weighted by atomic mass is 16.4. The van der Waals surface area contributed by atoms with Crippen molar-refractivity contribution < 1.29 is 14.7 Å². The van der Waals surface area contributed by atoms with Crippen LogP contribution in [0.15, 0.2) is 30.3 Å². The zero-order chi connectivity index (χ0) is 31.7. The van der Waals surface area contributed by atoms with Crippen LogP contribution < -0.4 is 5.32 Å². The van der Waals surface area contributed by atoms with Gasteiger partial charge in [-0.2, -0.15) is 0 Å². The molecule has 5 aliphatic carbocycles. The molecule has 9 atom stereocenters. The Hall–Kier alpha value is -2.34. The van der Waals surface area contributed by atoms with Crippen molar-refractivity contribution in [3.05, 3.63) is 41.5 Å². The molecule has 2 amide bonds. The van der Waals surface area contributed by atoms with Crippen LogP contribution in [0.2, 0.25) is 0 Å². The highest BCUT2D eigenvalue weighted by Crippen LogP contribution is 2.75. The molecule has 44 heavy (non-hydrogen) atoms. The number of carboxylic acids is 1. The van der Waals surface area contributed by atoms with Gasteiger partial charge in [0.25, 0.3) is 0 Å². The predicted molar refractivity (Wildman–Crippen MR) is 177 cm³/mol. The van der Waals surface area contributed by atoms with Gasteiger partial charge >= 0.3 is 12.0 Å². The van der Waals surface area contributed by atoms with Crippen molar-refractivity contribution in [2.45, 2.75) is 97.4 Å². The van der Waals surface area contributed by atoms with Crippen molar-refractivity contribution in [3.63, 3.8) is 0 Å². The quantitative estimate of drug-likeness (QED) is 0.348. The van der Waals surface area contributed by atoms with Gasteiger partial charge in [0, 0.05) is 25.7 Å². The molecule has 4 saturated carbocycles. The Balaban J connectivity index is 1.24. The summed E-state index contributed by atoms with van der Waals surface area (Å²) >= 11 is 0. The van der Waals surface area contributed by atoms with E-state index in [1.165, 1.54) is 56.1 Å². The van der Waals surface area contributed by atoms with E-state index in [9.17, 15) is 14.7 Å². The number of amides is 2. The fourth-order valence-corrected chi connectivity index (χ4v) is 12.0. The molecule has 0 aliphatic heterocycles. The molecule has 0 heterocycles. The number of nitrogens with one attached hydrogen (secondary N) is 1. The maximum Gasteiger partial charge on any atom is 0.335 e. The third-order valence-corrected chi connectivity index (χ3v) is 14.6. The van der Waals surface area contributed by atoms with Crippen molar-refractivity contribution in [1.82, 2.24) is 15.1 Å². The van der Waals surface area contributed by atoms with E-state index in [1.54, 1.807) is 12.1 Å². The van der Waals surface area contributed by atoms with Gasteiger partial charge in [0.05, 0.1) is 5.56 Å². The summed E-state index contributed by atoms with van der Waals surface area (Å²) in [6.07, 6.45) is 14.7. The first-order valence-corrected chi connectivity index (χ1v) is 17.5. The summed E-state index contributed by atoms with van der Waals surface area (Å²) in [5.41, 5.74) is 3.79. The molecule has 0 bridgehead atoms. The summed E-state index contributed by atoms with van der Waals surface area (Å²) in [5.74, 6) is 2.20. The first-order valence-electron chi connectivity index (χ1n) is 17.5. The molecule has 4 fully saturated rings. The van der Waals surface area contributed by atoms with Crippen molar-refractivity contribution in [2.24, 2.45) is 45.8 Å². The third kappa shape index (κ3) is 4.75. The van der Waals surface area contributed by atoms with Gasteiger partial charge in [-0.15, -0.1) is 0 Å². The number of carbonyl (C=O) groups is 2. The van der Waals surface area contributed by atoms with E-state index >= 15 is 0 Å². The maximum absolute atomic E-state index is 13.5. The summed E-state index contributed by atoms with van der Waals surface area (Å²) < 4.78 is 0. The molecular formula is C38H57N3O3. The highest BCUT2D eigenvalue weighted by Gasteiger charge is 2.68. The lowest BCUT2D eigenvalue weighted by Crippen LogP contribution is -2.67. The molecule has 242 valence electrons. The number of nitrogens with zero attached hydrogens (tertiary/aromatic N) is 2. The summed E-state index contributed by atoms with van der Waals surface area (Å²) in [6, 6.07) is 7.67. The summed E-state index contributed by atoms with van der Waals surface area (Å²) in [6.45, 7) is 12.0. The average Bonchev–Trinajstić information content (AvgIpc) is 3.40. The molecule has 6 heteroatoms. The van der Waals surface area contributed by atoms with Gasteiger partial charge in [-0.3, -0.25) is 0 Å². The van der Waals surface area contributed by atoms with E-state index < -0.39 is 5.97 Å². The van der Waals surface area contributed by atoms with Crippen LogP contribution in [0.5, 0.6) is 0 Å². The van der Waals surface area contributed by atoms with Crippen LogP contribution in [0, 0.1) is 45.8 Å². The van der Waals surface area contributed by atoms with Gasteiger partial charge in [0.15, 0.2) is 0 Å². The summed E-state index contributed by atoms with van der Waals surface area (Å²) in [5, 5.41) is 13.1. The molecule has 1 aromatic carbocycles. The number of allylic oxidation sites excluding steroid dienone is 2. The smallest absolute Gasteiger partial charge is 0.335 e. The Labute approximate surface area is 266 Å². The largest absolute Gasteiger partial charge is 0.478 e. The number of carbonyl (C=O) groups excluding carboxylic acids is 1. The predicted octanol–water partition coefficient (Wildman–Crippen LogP) is 7.80. The van der Waals surface area contributed by atoms with E-state index in [0.29, 0.717) is 46.0 Å². The summed E-state index contributed by atoms with van der Waals surface area (Å²) in [7, 11) is 6.08. The van der Waals surface area contributed by atoms with Crippen molar-refractivity contribution in [1.29, 1.82) is 0 Å². The molecule has 0 aromatic heterocycles. The molecule has 6 nitrogen and oxygen atoms in total. The van der Waals surface area contributed by atoms with Crippen molar-refractivity contribution in [2.75, 3.05) is 34.2 Å². The van der Waals surface area contributed by atoms with Gasteiger partial charge in [-0.1, -0.05) is 52.3 Å². The summed E-state index contributed by atoms with van der Waals surface area (Å²) in [4.78, 5) is 28.9. The minimum atomic E-state index is -0.863. The Bertz CT molecular complexity index is 1310. The Kier molecular flexibility index (Phi) is 8.03. The number of hydrogen-bond acceptors (Lipinski definition) is 3. The monoisotopic (exact) mass is 603 g/mol. The molecule has 0 spiro atoms. The van der Waals surface area contributed by atoms with Crippen LogP contribution in [0.1, 0.15) is 108 Å². The number of rotatable bonds is 6. The van der Waals surface area contributed by atoms with Gasteiger partial charge < -0.3 is 20.2 Å². The molecule has 2 N–H and O–H groups in total. The lowest BCUT2D eigenvalue weighted by molar-refractivity contribution is -0.210. The second-order valence-corrected chi connectivity index (χ2v) is 16.6. The molecular weight excluding hydrogens is 546 g/mol. The highest BCUT2D eigenvalue weighted by molar-refractivity contribution is 5.88. The zero-order valence-electron chi connectivity index (χ0n) is 28.4. The first-order chi connectivity index (χ1) is 20.8. The van der Waals surface area contributed by atoms with Gasteiger partial charge in [0.2, 0.25) is 0 Å². The standard InChI is InChI=1S/C38H57N3O3/c1-25-28(26-10-12-27(13-11-26)33(42)43)16-19-35(2)29(25)17-20-37(4)32(35)15-14-30-31-9-8-18-38(31,22-21-36(30,37)3)39-34(44)41(7)24-23-40(5)6/h10-13,16,25,29-32H,8-9,14-15,17-24H2,1-7H3,(H,39,44)(H,42,43)/t25?,29?,30?,31?,32?,35?,36-,37?,38?/m1/s1. The van der Waals surface area contributed by atoms with E-state index in [1.807, 2.05) is 24.1 Å². The number of benzene rings is 1. The number of aromatic carboxylic acids is 1. The lowest BCUT2D eigenvalue weighted by Gasteiger charge is -2.71. The zero-order valence-corrected chi connectivity index (χ0v) is 28.4. The van der Waals surface area contributed by atoms with Crippen LogP contribution >= 0.6 is 0 Å². The second kappa shape index (κ2) is 11.2. The molecule has 8 unspecified atom stereocenters. The molecule has 5 aliphatic rings. The van der Waals surface area contributed by atoms with Crippen LogP contribution in [0.25, 0.3) is 5.57 Å². The van der Waals surface area contributed by atoms with E-state index in [0.717, 1.165) is 32.4 Å². The fraction of sp³-hybridized carbons (Fsp3) is 0.737. The van der Waals surface area contributed by atoms with Crippen LogP contribution in [-0.2, 0) is 0 Å². The molecule has 1 aromatic rings. The Morgan fingerprint density at radius 3 is 2.27 bits per heavy atom. The van der Waals surface area contributed by atoms with E-state index in [2.05, 4.69) is 58.1 Å². The number of fused-ring (bicyclic) bond motifs is 7. The lowest BCUT2D eigenvalue weighted by atomic mass is 9.34. The number of likely N-dealkylation sites (N-methyl/N-ethyl adjacent to an activating group) is 2. The average molecular weight is 604 g/mol. The van der Waals surface area contributed by atoms with E-state index in [-0.39, 0.29) is 17.0 Å². The number of hydrogen-bond donors (Lipinski definition) is 2. The van der Waals surface area contributed by atoms with Gasteiger partial charge in [-0.05, 0) is 141 Å².